The van der Waals surface area contributed by atoms with E-state index in [1.807, 2.05) is 25.3 Å². The molecule has 2 aromatic heterocycles. The number of hydrogen-bond acceptors (Lipinski definition) is 4. The molecule has 1 saturated heterocycles. The van der Waals surface area contributed by atoms with Gasteiger partial charge in [-0.15, -0.1) is 0 Å². The number of aromatic nitrogens is 3. The van der Waals surface area contributed by atoms with Gasteiger partial charge in [0.15, 0.2) is 0 Å². The molecule has 1 fully saturated rings. The second-order valence-electron chi connectivity index (χ2n) is 5.76. The largest absolute Gasteiger partial charge is 0.373 e. The standard InChI is InChI=1S/C16H21ClN4O/c1-12-16(17)15(20-19-12)10-21-7-4-14(5-8-21)22-11-13-3-2-6-18-9-13/h2-3,6,9,14H,4-5,7-8,10-11H2,1H3,(H,19,20). The van der Waals surface area contributed by atoms with Crippen molar-refractivity contribution in [2.45, 2.75) is 39.0 Å². The van der Waals surface area contributed by atoms with E-state index in [2.05, 4.69) is 20.1 Å². The Morgan fingerprint density at radius 2 is 2.23 bits per heavy atom. The first-order chi connectivity index (χ1) is 10.7. The molecule has 0 aromatic carbocycles. The molecule has 0 aliphatic carbocycles. The van der Waals surface area contributed by atoms with E-state index in [-0.39, 0.29) is 0 Å². The van der Waals surface area contributed by atoms with Crippen molar-refractivity contribution < 1.29 is 4.74 Å². The number of piperidine rings is 1. The molecule has 118 valence electrons. The summed E-state index contributed by atoms with van der Waals surface area (Å²) in [7, 11) is 0. The maximum atomic E-state index is 6.22. The van der Waals surface area contributed by atoms with Gasteiger partial charge in [-0.05, 0) is 31.4 Å². The van der Waals surface area contributed by atoms with E-state index in [1.54, 1.807) is 6.20 Å². The predicted molar refractivity (Wildman–Crippen MR) is 85.7 cm³/mol. The van der Waals surface area contributed by atoms with Crippen LogP contribution in [0.3, 0.4) is 0 Å². The highest BCUT2D eigenvalue weighted by Crippen LogP contribution is 2.22. The smallest absolute Gasteiger partial charge is 0.0951 e. The molecule has 0 bridgehead atoms. The van der Waals surface area contributed by atoms with Gasteiger partial charge in [0.05, 0.1) is 29.1 Å². The number of rotatable bonds is 5. The first-order valence-corrected chi connectivity index (χ1v) is 8.02. The van der Waals surface area contributed by atoms with Crippen molar-refractivity contribution in [3.63, 3.8) is 0 Å². The summed E-state index contributed by atoms with van der Waals surface area (Å²) in [6.07, 6.45) is 6.05. The zero-order valence-electron chi connectivity index (χ0n) is 12.8. The van der Waals surface area contributed by atoms with Crippen LogP contribution in [0.4, 0.5) is 0 Å². The second kappa shape index (κ2) is 7.22. The van der Waals surface area contributed by atoms with Crippen molar-refractivity contribution in [2.75, 3.05) is 13.1 Å². The van der Waals surface area contributed by atoms with Gasteiger partial charge in [-0.25, -0.2) is 0 Å². The van der Waals surface area contributed by atoms with Crippen molar-refractivity contribution >= 4 is 11.6 Å². The third kappa shape index (κ3) is 3.85. The minimum atomic E-state index is 0.327. The van der Waals surface area contributed by atoms with E-state index in [4.69, 9.17) is 16.3 Å². The summed E-state index contributed by atoms with van der Waals surface area (Å²) >= 11 is 6.22. The molecule has 3 rings (SSSR count). The Balaban J connectivity index is 1.43. The minimum Gasteiger partial charge on any atom is -0.373 e. The summed E-state index contributed by atoms with van der Waals surface area (Å²) < 4.78 is 5.98. The third-order valence-corrected chi connectivity index (χ3v) is 4.56. The first kappa shape index (κ1) is 15.5. The van der Waals surface area contributed by atoms with Crippen molar-refractivity contribution in [3.8, 4) is 0 Å². The summed E-state index contributed by atoms with van der Waals surface area (Å²) in [5.41, 5.74) is 3.00. The molecular formula is C16H21ClN4O. The Labute approximate surface area is 135 Å². The Hall–Kier alpha value is -1.43. The molecule has 0 unspecified atom stereocenters. The number of ether oxygens (including phenoxy) is 1. The molecule has 0 spiro atoms. The topological polar surface area (TPSA) is 54.0 Å². The van der Waals surface area contributed by atoms with Crippen LogP contribution in [0.2, 0.25) is 5.02 Å². The molecule has 22 heavy (non-hydrogen) atoms. The zero-order valence-corrected chi connectivity index (χ0v) is 13.5. The molecule has 2 aromatic rings. The van der Waals surface area contributed by atoms with Crippen molar-refractivity contribution in [3.05, 3.63) is 46.5 Å². The van der Waals surface area contributed by atoms with Crippen LogP contribution in [0.15, 0.2) is 24.5 Å². The van der Waals surface area contributed by atoms with Crippen LogP contribution >= 0.6 is 11.6 Å². The quantitative estimate of drug-likeness (QED) is 0.920. The van der Waals surface area contributed by atoms with Gasteiger partial charge in [-0.2, -0.15) is 5.10 Å². The average Bonchev–Trinajstić information content (AvgIpc) is 2.87. The van der Waals surface area contributed by atoms with E-state index in [0.717, 1.165) is 54.4 Å². The van der Waals surface area contributed by atoms with Crippen LogP contribution in [-0.2, 0) is 17.9 Å². The number of pyridine rings is 1. The van der Waals surface area contributed by atoms with Crippen LogP contribution in [0, 0.1) is 6.92 Å². The number of aryl methyl sites for hydroxylation is 1. The maximum absolute atomic E-state index is 6.22. The lowest BCUT2D eigenvalue weighted by atomic mass is 10.1. The van der Waals surface area contributed by atoms with E-state index in [9.17, 15) is 0 Å². The fraction of sp³-hybridized carbons (Fsp3) is 0.500. The fourth-order valence-corrected chi connectivity index (χ4v) is 2.86. The third-order valence-electron chi connectivity index (χ3n) is 4.06. The maximum Gasteiger partial charge on any atom is 0.0951 e. The van der Waals surface area contributed by atoms with Gasteiger partial charge in [0.25, 0.3) is 0 Å². The van der Waals surface area contributed by atoms with E-state index in [1.165, 1.54) is 0 Å². The number of hydrogen-bond donors (Lipinski definition) is 1. The molecule has 0 saturated carbocycles. The predicted octanol–water partition coefficient (Wildman–Crippen LogP) is 2.95. The highest BCUT2D eigenvalue weighted by molar-refractivity contribution is 6.31. The number of nitrogens with one attached hydrogen (secondary N) is 1. The van der Waals surface area contributed by atoms with E-state index >= 15 is 0 Å². The van der Waals surface area contributed by atoms with Crippen molar-refractivity contribution in [1.29, 1.82) is 0 Å². The molecule has 5 nitrogen and oxygen atoms in total. The zero-order chi connectivity index (χ0) is 15.4. The Kier molecular flexibility index (Phi) is 5.08. The van der Waals surface area contributed by atoms with Gasteiger partial charge in [0.1, 0.15) is 0 Å². The summed E-state index contributed by atoms with van der Waals surface area (Å²) in [4.78, 5) is 6.49. The van der Waals surface area contributed by atoms with Gasteiger partial charge in [0, 0.05) is 32.0 Å². The molecular weight excluding hydrogens is 300 g/mol. The average molecular weight is 321 g/mol. The number of aromatic amines is 1. The van der Waals surface area contributed by atoms with Gasteiger partial charge < -0.3 is 4.74 Å². The first-order valence-electron chi connectivity index (χ1n) is 7.64. The molecule has 1 aliphatic heterocycles. The lowest BCUT2D eigenvalue weighted by Gasteiger charge is -2.31. The molecule has 1 N–H and O–H groups in total. The molecule has 6 heteroatoms. The number of H-pyrrole nitrogens is 1. The normalized spacial score (nSPS) is 17.0. The van der Waals surface area contributed by atoms with E-state index in [0.29, 0.717) is 12.7 Å². The van der Waals surface area contributed by atoms with Gasteiger partial charge in [-0.3, -0.25) is 15.0 Å². The lowest BCUT2D eigenvalue weighted by Crippen LogP contribution is -2.36. The van der Waals surface area contributed by atoms with Crippen LogP contribution in [0.1, 0.15) is 29.8 Å². The van der Waals surface area contributed by atoms with Crippen molar-refractivity contribution in [2.24, 2.45) is 0 Å². The van der Waals surface area contributed by atoms with Gasteiger partial charge in [0.2, 0.25) is 0 Å². The molecule has 0 atom stereocenters. The minimum absolute atomic E-state index is 0.327. The Bertz CT molecular complexity index is 593. The van der Waals surface area contributed by atoms with Crippen LogP contribution < -0.4 is 0 Å². The number of nitrogens with zero attached hydrogens (tertiary/aromatic N) is 3. The lowest BCUT2D eigenvalue weighted by molar-refractivity contribution is -0.00423. The summed E-state index contributed by atoms with van der Waals surface area (Å²) in [6, 6.07) is 3.99. The SMILES string of the molecule is Cc1[nH]nc(CN2CCC(OCc3cccnc3)CC2)c1Cl. The Morgan fingerprint density at radius 1 is 1.41 bits per heavy atom. The summed E-state index contributed by atoms with van der Waals surface area (Å²) in [5.74, 6) is 0. The highest BCUT2D eigenvalue weighted by Gasteiger charge is 2.21. The van der Waals surface area contributed by atoms with Crippen molar-refractivity contribution in [1.82, 2.24) is 20.1 Å². The van der Waals surface area contributed by atoms with Crippen LogP contribution in [0.25, 0.3) is 0 Å². The fourth-order valence-electron chi connectivity index (χ4n) is 2.71. The molecule has 0 radical (unpaired) electrons. The monoisotopic (exact) mass is 320 g/mol. The number of likely N-dealkylation sites (tertiary alicyclic amines) is 1. The molecule has 1 aliphatic rings. The molecule has 3 heterocycles. The second-order valence-corrected chi connectivity index (χ2v) is 6.14. The van der Waals surface area contributed by atoms with E-state index < -0.39 is 0 Å². The van der Waals surface area contributed by atoms with Gasteiger partial charge in [-0.1, -0.05) is 17.7 Å². The Morgan fingerprint density at radius 3 is 2.86 bits per heavy atom. The van der Waals surface area contributed by atoms with Gasteiger partial charge >= 0.3 is 0 Å². The summed E-state index contributed by atoms with van der Waals surface area (Å²) in [5, 5.41) is 7.96. The highest BCUT2D eigenvalue weighted by atomic mass is 35.5. The van der Waals surface area contributed by atoms with Crippen LogP contribution in [-0.4, -0.2) is 39.3 Å². The van der Waals surface area contributed by atoms with Crippen LogP contribution in [0.5, 0.6) is 0 Å². The number of halogens is 1. The summed E-state index contributed by atoms with van der Waals surface area (Å²) in [6.45, 7) is 5.42. The molecule has 0 amide bonds.